The largest absolute Gasteiger partial charge is 0.464 e. The Bertz CT molecular complexity index is 742. The Morgan fingerprint density at radius 1 is 1.05 bits per heavy atom. The van der Waals surface area contributed by atoms with E-state index in [0.29, 0.717) is 0 Å². The van der Waals surface area contributed by atoms with Gasteiger partial charge in [-0.3, -0.25) is 0 Å². The first-order chi connectivity index (χ1) is 9.65. The van der Waals surface area contributed by atoms with E-state index in [2.05, 4.69) is 60.1 Å². The number of furan rings is 1. The standard InChI is InChI=1S/C18H17BrO/c1-12-7-8-14(9-13(12)2)10-17(19)16-11-20-18-6-4-3-5-15(16)18/h3-9,11,17H,10H2,1-2H3. The molecule has 102 valence electrons. The average molecular weight is 329 g/mol. The van der Waals surface area contributed by atoms with Crippen molar-refractivity contribution >= 4 is 26.9 Å². The maximum Gasteiger partial charge on any atom is 0.134 e. The quantitative estimate of drug-likeness (QED) is 0.559. The van der Waals surface area contributed by atoms with Gasteiger partial charge < -0.3 is 4.42 Å². The zero-order chi connectivity index (χ0) is 14.1. The number of benzene rings is 2. The van der Waals surface area contributed by atoms with Gasteiger partial charge in [0.15, 0.2) is 0 Å². The van der Waals surface area contributed by atoms with Crippen molar-refractivity contribution in [3.8, 4) is 0 Å². The Kier molecular flexibility index (Phi) is 3.66. The van der Waals surface area contributed by atoms with Crippen LogP contribution in [0.25, 0.3) is 11.0 Å². The van der Waals surface area contributed by atoms with Gasteiger partial charge in [-0.25, -0.2) is 0 Å². The summed E-state index contributed by atoms with van der Waals surface area (Å²) in [4.78, 5) is 0.272. The van der Waals surface area contributed by atoms with E-state index in [1.54, 1.807) is 0 Å². The zero-order valence-electron chi connectivity index (χ0n) is 11.7. The first-order valence-electron chi connectivity index (χ1n) is 6.81. The van der Waals surface area contributed by atoms with Crippen molar-refractivity contribution in [1.29, 1.82) is 0 Å². The van der Waals surface area contributed by atoms with Crippen LogP contribution in [0.15, 0.2) is 53.1 Å². The molecule has 0 aliphatic carbocycles. The SMILES string of the molecule is Cc1ccc(CC(Br)c2coc3ccccc23)cc1C. The van der Waals surface area contributed by atoms with Gasteiger partial charge in [-0.1, -0.05) is 52.3 Å². The van der Waals surface area contributed by atoms with Crippen LogP contribution in [0, 0.1) is 13.8 Å². The molecular weight excluding hydrogens is 312 g/mol. The van der Waals surface area contributed by atoms with Gasteiger partial charge in [0.2, 0.25) is 0 Å². The van der Waals surface area contributed by atoms with Crippen LogP contribution in [-0.2, 0) is 6.42 Å². The summed E-state index contributed by atoms with van der Waals surface area (Å²) in [7, 11) is 0. The van der Waals surface area contributed by atoms with E-state index in [1.165, 1.54) is 27.6 Å². The second-order valence-electron chi connectivity index (χ2n) is 5.28. The van der Waals surface area contributed by atoms with Gasteiger partial charge >= 0.3 is 0 Å². The smallest absolute Gasteiger partial charge is 0.134 e. The Morgan fingerprint density at radius 2 is 1.85 bits per heavy atom. The van der Waals surface area contributed by atoms with Crippen LogP contribution in [-0.4, -0.2) is 0 Å². The van der Waals surface area contributed by atoms with Gasteiger partial charge in [0, 0.05) is 15.8 Å². The molecule has 1 heterocycles. The third kappa shape index (κ3) is 2.53. The molecule has 3 aromatic rings. The fourth-order valence-corrected chi connectivity index (χ4v) is 3.22. The number of fused-ring (bicyclic) bond motifs is 1. The lowest BCUT2D eigenvalue weighted by Gasteiger charge is -2.10. The van der Waals surface area contributed by atoms with Gasteiger partial charge in [-0.05, 0) is 43.0 Å². The molecule has 2 aromatic carbocycles. The molecule has 1 unspecified atom stereocenters. The van der Waals surface area contributed by atoms with Gasteiger partial charge in [0.05, 0.1) is 6.26 Å². The molecule has 1 aromatic heterocycles. The van der Waals surface area contributed by atoms with E-state index in [9.17, 15) is 0 Å². The first-order valence-corrected chi connectivity index (χ1v) is 7.73. The minimum atomic E-state index is 0.272. The highest BCUT2D eigenvalue weighted by molar-refractivity contribution is 9.09. The van der Waals surface area contributed by atoms with Crippen LogP contribution in [0.1, 0.15) is 27.1 Å². The van der Waals surface area contributed by atoms with Crippen molar-refractivity contribution in [1.82, 2.24) is 0 Å². The fourth-order valence-electron chi connectivity index (χ4n) is 2.49. The summed E-state index contributed by atoms with van der Waals surface area (Å²) < 4.78 is 5.62. The van der Waals surface area contributed by atoms with E-state index in [0.717, 1.165) is 12.0 Å². The minimum Gasteiger partial charge on any atom is -0.464 e. The molecule has 2 heteroatoms. The molecule has 3 rings (SSSR count). The van der Waals surface area contributed by atoms with E-state index in [-0.39, 0.29) is 4.83 Å². The number of alkyl halides is 1. The maximum atomic E-state index is 5.62. The molecular formula is C18H17BrO. The summed E-state index contributed by atoms with van der Waals surface area (Å²) >= 11 is 3.81. The van der Waals surface area contributed by atoms with Gasteiger partial charge in [0.25, 0.3) is 0 Å². The molecule has 0 aliphatic rings. The lowest BCUT2D eigenvalue weighted by atomic mass is 10.0. The summed E-state index contributed by atoms with van der Waals surface area (Å²) in [5.41, 5.74) is 6.21. The summed E-state index contributed by atoms with van der Waals surface area (Å²) in [5, 5.41) is 1.19. The van der Waals surface area contributed by atoms with Crippen LogP contribution in [0.3, 0.4) is 0 Å². The number of halogens is 1. The summed E-state index contributed by atoms with van der Waals surface area (Å²) in [5.74, 6) is 0. The lowest BCUT2D eigenvalue weighted by Crippen LogP contribution is -1.95. The number of rotatable bonds is 3. The number of para-hydroxylation sites is 1. The molecule has 0 saturated heterocycles. The van der Waals surface area contributed by atoms with Crippen LogP contribution < -0.4 is 0 Å². The van der Waals surface area contributed by atoms with Gasteiger partial charge in [-0.15, -0.1) is 0 Å². The molecule has 0 radical (unpaired) electrons. The van der Waals surface area contributed by atoms with E-state index in [1.807, 2.05) is 18.4 Å². The molecule has 0 saturated carbocycles. The van der Waals surface area contributed by atoms with Crippen molar-refractivity contribution in [2.24, 2.45) is 0 Å². The molecule has 0 N–H and O–H groups in total. The molecule has 0 aliphatic heterocycles. The summed E-state index contributed by atoms with van der Waals surface area (Å²) in [6.45, 7) is 4.31. The zero-order valence-corrected chi connectivity index (χ0v) is 13.3. The molecule has 20 heavy (non-hydrogen) atoms. The summed E-state index contributed by atoms with van der Waals surface area (Å²) in [6.07, 6.45) is 2.83. The second-order valence-corrected chi connectivity index (χ2v) is 6.38. The molecule has 0 bridgehead atoms. The molecule has 0 amide bonds. The number of hydrogen-bond donors (Lipinski definition) is 0. The highest BCUT2D eigenvalue weighted by Gasteiger charge is 2.14. The Hall–Kier alpha value is -1.54. The van der Waals surface area contributed by atoms with E-state index in [4.69, 9.17) is 4.42 Å². The lowest BCUT2D eigenvalue weighted by molar-refractivity contribution is 0.610. The fraction of sp³-hybridized carbons (Fsp3) is 0.222. The van der Waals surface area contributed by atoms with E-state index >= 15 is 0 Å². The Morgan fingerprint density at radius 3 is 2.65 bits per heavy atom. The monoisotopic (exact) mass is 328 g/mol. The highest BCUT2D eigenvalue weighted by atomic mass is 79.9. The van der Waals surface area contributed by atoms with E-state index < -0.39 is 0 Å². The van der Waals surface area contributed by atoms with Crippen LogP contribution in [0.4, 0.5) is 0 Å². The average Bonchev–Trinajstić information content (AvgIpc) is 2.87. The van der Waals surface area contributed by atoms with Gasteiger partial charge in [-0.2, -0.15) is 0 Å². The molecule has 1 nitrogen and oxygen atoms in total. The minimum absolute atomic E-state index is 0.272. The number of hydrogen-bond acceptors (Lipinski definition) is 1. The number of aryl methyl sites for hydroxylation is 2. The maximum absolute atomic E-state index is 5.62. The Labute approximate surface area is 127 Å². The predicted molar refractivity (Wildman–Crippen MR) is 87.5 cm³/mol. The topological polar surface area (TPSA) is 13.1 Å². The van der Waals surface area contributed by atoms with Crippen molar-refractivity contribution in [2.45, 2.75) is 25.1 Å². The molecule has 1 atom stereocenters. The van der Waals surface area contributed by atoms with Crippen molar-refractivity contribution in [3.05, 3.63) is 71.0 Å². The molecule has 0 spiro atoms. The third-order valence-electron chi connectivity index (χ3n) is 3.83. The van der Waals surface area contributed by atoms with Gasteiger partial charge in [0.1, 0.15) is 5.58 Å². The third-order valence-corrected chi connectivity index (χ3v) is 4.65. The second kappa shape index (κ2) is 5.45. The van der Waals surface area contributed by atoms with Crippen LogP contribution in [0.5, 0.6) is 0 Å². The normalized spacial score (nSPS) is 12.8. The van der Waals surface area contributed by atoms with Crippen LogP contribution in [0.2, 0.25) is 0 Å². The first kappa shape index (κ1) is 13.4. The van der Waals surface area contributed by atoms with Crippen molar-refractivity contribution in [3.63, 3.8) is 0 Å². The van der Waals surface area contributed by atoms with Crippen LogP contribution >= 0.6 is 15.9 Å². The molecule has 0 fully saturated rings. The predicted octanol–water partition coefficient (Wildman–Crippen LogP) is 5.73. The summed E-state index contributed by atoms with van der Waals surface area (Å²) in [6, 6.07) is 14.8. The highest BCUT2D eigenvalue weighted by Crippen LogP contribution is 2.34. The van der Waals surface area contributed by atoms with Crippen molar-refractivity contribution in [2.75, 3.05) is 0 Å². The van der Waals surface area contributed by atoms with Crippen molar-refractivity contribution < 1.29 is 4.42 Å². The Balaban J connectivity index is 1.89.